The summed E-state index contributed by atoms with van der Waals surface area (Å²) < 4.78 is 41.9. The molecule has 0 bridgehead atoms. The molecule has 112 valence electrons. The van der Waals surface area contributed by atoms with Crippen LogP contribution in [0, 0.1) is 5.82 Å². The van der Waals surface area contributed by atoms with Crippen LogP contribution in [0.15, 0.2) is 12.1 Å². The number of halogens is 5. The summed E-state index contributed by atoms with van der Waals surface area (Å²) in [7, 11) is 0. The molecule has 0 aliphatic heterocycles. The highest BCUT2D eigenvalue weighted by atomic mass is 35.5. The van der Waals surface area contributed by atoms with Crippen LogP contribution in [0.4, 0.5) is 13.2 Å². The number of benzene rings is 1. The van der Waals surface area contributed by atoms with Gasteiger partial charge in [0.05, 0.1) is 22.3 Å². The van der Waals surface area contributed by atoms with E-state index in [1.165, 1.54) is 6.07 Å². The summed E-state index contributed by atoms with van der Waals surface area (Å²) >= 11 is 11.6. The summed E-state index contributed by atoms with van der Waals surface area (Å²) in [5, 5.41) is 6.00. The fourth-order valence-electron chi connectivity index (χ4n) is 1.62. The molecule has 0 atom stereocenters. The molecule has 1 aromatic carbocycles. The molecule has 0 aliphatic rings. The zero-order chi connectivity index (χ0) is 15.6. The SMILES string of the molecule is O=Cc1cc(-c2n[nH]c(COC(F)F)c2Cl)c(F)cc1Cl. The van der Waals surface area contributed by atoms with Crippen molar-refractivity contribution < 1.29 is 22.7 Å². The molecule has 0 aliphatic carbocycles. The average Bonchev–Trinajstić information content (AvgIpc) is 2.78. The molecule has 0 saturated carbocycles. The molecule has 0 fully saturated rings. The minimum absolute atomic E-state index is 0.0261. The first-order valence-corrected chi connectivity index (χ1v) is 6.26. The highest BCUT2D eigenvalue weighted by molar-refractivity contribution is 6.34. The van der Waals surface area contributed by atoms with Gasteiger partial charge in [-0.15, -0.1) is 0 Å². The number of H-pyrrole nitrogens is 1. The summed E-state index contributed by atoms with van der Waals surface area (Å²) in [4.78, 5) is 10.8. The van der Waals surface area contributed by atoms with Crippen LogP contribution < -0.4 is 0 Å². The van der Waals surface area contributed by atoms with E-state index in [1.54, 1.807) is 0 Å². The van der Waals surface area contributed by atoms with E-state index >= 15 is 0 Å². The summed E-state index contributed by atoms with van der Waals surface area (Å²) in [6.07, 6.45) is 0.451. The first-order chi connectivity index (χ1) is 9.93. The Labute approximate surface area is 126 Å². The van der Waals surface area contributed by atoms with Gasteiger partial charge in [-0.3, -0.25) is 9.89 Å². The third-order valence-corrected chi connectivity index (χ3v) is 3.33. The second-order valence-electron chi connectivity index (χ2n) is 3.91. The number of hydrogen-bond donors (Lipinski definition) is 1. The summed E-state index contributed by atoms with van der Waals surface area (Å²) in [5.74, 6) is -0.750. The van der Waals surface area contributed by atoms with Crippen LogP contribution in [0.2, 0.25) is 10.0 Å². The second-order valence-corrected chi connectivity index (χ2v) is 4.69. The average molecular weight is 339 g/mol. The Hall–Kier alpha value is -1.57. The van der Waals surface area contributed by atoms with Gasteiger partial charge in [0, 0.05) is 11.1 Å². The zero-order valence-corrected chi connectivity index (χ0v) is 11.7. The number of carbonyl (C=O) groups is 1. The van der Waals surface area contributed by atoms with Crippen molar-refractivity contribution in [1.82, 2.24) is 10.2 Å². The molecular formula is C12H7Cl2F3N2O2. The van der Waals surface area contributed by atoms with Gasteiger partial charge in [0.15, 0.2) is 6.29 Å². The van der Waals surface area contributed by atoms with Gasteiger partial charge < -0.3 is 4.74 Å². The maximum Gasteiger partial charge on any atom is 0.345 e. The number of aromatic amines is 1. The monoisotopic (exact) mass is 338 g/mol. The van der Waals surface area contributed by atoms with E-state index in [9.17, 15) is 18.0 Å². The quantitative estimate of drug-likeness (QED) is 0.836. The van der Waals surface area contributed by atoms with Crippen LogP contribution in [-0.4, -0.2) is 23.1 Å². The van der Waals surface area contributed by atoms with Gasteiger partial charge in [-0.25, -0.2) is 4.39 Å². The zero-order valence-electron chi connectivity index (χ0n) is 10.2. The van der Waals surface area contributed by atoms with Gasteiger partial charge in [0.1, 0.15) is 11.5 Å². The highest BCUT2D eigenvalue weighted by Crippen LogP contribution is 2.33. The molecule has 9 heteroatoms. The molecule has 0 unspecified atom stereocenters. The Morgan fingerprint density at radius 3 is 2.71 bits per heavy atom. The Morgan fingerprint density at radius 1 is 1.38 bits per heavy atom. The minimum atomic E-state index is -2.97. The molecule has 0 radical (unpaired) electrons. The number of rotatable bonds is 5. The molecule has 1 N–H and O–H groups in total. The number of nitrogens with zero attached hydrogens (tertiary/aromatic N) is 1. The van der Waals surface area contributed by atoms with E-state index in [0.717, 1.165) is 6.07 Å². The van der Waals surface area contributed by atoms with Gasteiger partial charge in [0.2, 0.25) is 0 Å². The molecular weight excluding hydrogens is 332 g/mol. The van der Waals surface area contributed by atoms with Crippen molar-refractivity contribution >= 4 is 29.5 Å². The number of aldehydes is 1. The molecule has 21 heavy (non-hydrogen) atoms. The fourth-order valence-corrected chi connectivity index (χ4v) is 2.06. The van der Waals surface area contributed by atoms with Crippen LogP contribution >= 0.6 is 23.2 Å². The molecule has 0 amide bonds. The van der Waals surface area contributed by atoms with Crippen LogP contribution in [0.25, 0.3) is 11.3 Å². The van der Waals surface area contributed by atoms with E-state index < -0.39 is 19.0 Å². The third kappa shape index (κ3) is 3.37. The van der Waals surface area contributed by atoms with Gasteiger partial charge in [-0.1, -0.05) is 23.2 Å². The van der Waals surface area contributed by atoms with Crippen molar-refractivity contribution in [1.29, 1.82) is 0 Å². The number of ether oxygens (including phenoxy) is 1. The molecule has 2 aromatic rings. The van der Waals surface area contributed by atoms with E-state index in [-0.39, 0.29) is 32.6 Å². The number of carbonyl (C=O) groups excluding carboxylic acids is 1. The first kappa shape index (κ1) is 15.8. The third-order valence-electron chi connectivity index (χ3n) is 2.60. The molecule has 2 rings (SSSR count). The van der Waals surface area contributed by atoms with Crippen molar-refractivity contribution in [2.24, 2.45) is 0 Å². The second kappa shape index (κ2) is 6.46. The standard InChI is InChI=1S/C12H7Cl2F3N2O2/c13-7-2-8(15)6(1-5(7)3-20)11-10(14)9(18-19-11)4-21-12(16)17/h1-3,12H,4H2,(H,18,19). The first-order valence-electron chi connectivity index (χ1n) is 5.51. The van der Waals surface area contributed by atoms with Crippen molar-refractivity contribution in [3.8, 4) is 11.3 Å². The summed E-state index contributed by atoms with van der Waals surface area (Å²) in [6, 6.07) is 2.12. The van der Waals surface area contributed by atoms with E-state index in [2.05, 4.69) is 14.9 Å². The minimum Gasteiger partial charge on any atom is -0.316 e. The Morgan fingerprint density at radius 2 is 2.10 bits per heavy atom. The predicted octanol–water partition coefficient (Wildman–Crippen LogP) is 4.07. The van der Waals surface area contributed by atoms with Crippen LogP contribution in [-0.2, 0) is 11.3 Å². The van der Waals surface area contributed by atoms with Crippen LogP contribution in [0.5, 0.6) is 0 Å². The molecule has 0 spiro atoms. The van der Waals surface area contributed by atoms with Crippen LogP contribution in [0.3, 0.4) is 0 Å². The predicted molar refractivity (Wildman–Crippen MR) is 70.2 cm³/mol. The summed E-state index contributed by atoms with van der Waals surface area (Å²) in [5.41, 5.74) is 0.0133. The van der Waals surface area contributed by atoms with Gasteiger partial charge in [-0.2, -0.15) is 13.9 Å². The topological polar surface area (TPSA) is 55.0 Å². The number of nitrogens with one attached hydrogen (secondary N) is 1. The molecule has 1 aromatic heterocycles. The Bertz CT molecular complexity index is 677. The Balaban J connectivity index is 2.41. The lowest BCUT2D eigenvalue weighted by Crippen LogP contribution is -1.99. The fraction of sp³-hybridized carbons (Fsp3) is 0.167. The number of hydrogen-bond acceptors (Lipinski definition) is 3. The van der Waals surface area contributed by atoms with Gasteiger partial charge >= 0.3 is 6.61 Å². The van der Waals surface area contributed by atoms with E-state index in [0.29, 0.717) is 6.29 Å². The van der Waals surface area contributed by atoms with Gasteiger partial charge in [0.25, 0.3) is 0 Å². The van der Waals surface area contributed by atoms with Crippen molar-refractivity contribution in [3.63, 3.8) is 0 Å². The largest absolute Gasteiger partial charge is 0.345 e. The van der Waals surface area contributed by atoms with E-state index in [1.807, 2.05) is 0 Å². The van der Waals surface area contributed by atoms with Crippen molar-refractivity contribution in [2.45, 2.75) is 13.2 Å². The molecule has 4 nitrogen and oxygen atoms in total. The van der Waals surface area contributed by atoms with Crippen molar-refractivity contribution in [3.05, 3.63) is 39.3 Å². The Kier molecular flexibility index (Phi) is 4.87. The maximum atomic E-state index is 13.9. The number of alkyl halides is 2. The number of aromatic nitrogens is 2. The van der Waals surface area contributed by atoms with Crippen molar-refractivity contribution in [2.75, 3.05) is 0 Å². The summed E-state index contributed by atoms with van der Waals surface area (Å²) in [6.45, 7) is -3.49. The molecule has 0 saturated heterocycles. The lowest BCUT2D eigenvalue weighted by molar-refractivity contribution is -0.137. The maximum absolute atomic E-state index is 13.9. The normalized spacial score (nSPS) is 11.1. The lowest BCUT2D eigenvalue weighted by atomic mass is 10.1. The highest BCUT2D eigenvalue weighted by Gasteiger charge is 2.19. The molecule has 1 heterocycles. The van der Waals surface area contributed by atoms with Crippen LogP contribution in [0.1, 0.15) is 16.1 Å². The van der Waals surface area contributed by atoms with Gasteiger partial charge in [-0.05, 0) is 12.1 Å². The smallest absolute Gasteiger partial charge is 0.316 e. The lowest BCUT2D eigenvalue weighted by Gasteiger charge is -2.04. The van der Waals surface area contributed by atoms with E-state index in [4.69, 9.17) is 23.2 Å².